The first-order valence-electron chi connectivity index (χ1n) is 5.19. The summed E-state index contributed by atoms with van der Waals surface area (Å²) in [5, 5.41) is 4.18. The minimum Gasteiger partial charge on any atom is -0.308 e. The van der Waals surface area contributed by atoms with Crippen molar-refractivity contribution in [3.8, 4) is 5.82 Å². The molecule has 5 heteroatoms. The molecule has 16 heavy (non-hydrogen) atoms. The summed E-state index contributed by atoms with van der Waals surface area (Å²) in [6, 6.07) is 1.96. The first-order chi connectivity index (χ1) is 7.59. The van der Waals surface area contributed by atoms with Crippen LogP contribution < -0.4 is 5.56 Å². The molecule has 0 bridgehead atoms. The smallest absolute Gasteiger partial charge is 0.295 e. The maximum absolute atomic E-state index is 12.1. The van der Waals surface area contributed by atoms with E-state index in [0.717, 1.165) is 5.69 Å². The maximum atomic E-state index is 12.1. The van der Waals surface area contributed by atoms with Crippen LogP contribution in [0.1, 0.15) is 25.6 Å². The zero-order chi connectivity index (χ0) is 11.7. The summed E-state index contributed by atoms with van der Waals surface area (Å²) in [4.78, 5) is 16.1. The van der Waals surface area contributed by atoms with Crippen LogP contribution in [0.2, 0.25) is 0 Å². The van der Waals surface area contributed by atoms with E-state index in [-0.39, 0.29) is 11.6 Å². The van der Waals surface area contributed by atoms with E-state index in [4.69, 9.17) is 0 Å². The molecule has 2 rings (SSSR count). The van der Waals surface area contributed by atoms with Crippen LogP contribution in [0, 0.1) is 6.92 Å². The highest BCUT2D eigenvalue weighted by Crippen LogP contribution is 2.02. The van der Waals surface area contributed by atoms with Crippen LogP contribution in [0.25, 0.3) is 5.82 Å². The van der Waals surface area contributed by atoms with Crippen molar-refractivity contribution in [3.05, 3.63) is 40.7 Å². The highest BCUT2D eigenvalue weighted by Gasteiger charge is 2.09. The first-order valence-corrected chi connectivity index (χ1v) is 5.19. The number of hydrogen-bond acceptors (Lipinski definition) is 3. The molecule has 0 atom stereocenters. The lowest BCUT2D eigenvalue weighted by Crippen LogP contribution is -2.26. The van der Waals surface area contributed by atoms with Crippen LogP contribution in [0.3, 0.4) is 0 Å². The van der Waals surface area contributed by atoms with E-state index >= 15 is 0 Å². The Morgan fingerprint density at radius 2 is 2.06 bits per heavy atom. The van der Waals surface area contributed by atoms with Crippen molar-refractivity contribution in [2.45, 2.75) is 26.8 Å². The molecule has 0 aliphatic rings. The van der Waals surface area contributed by atoms with E-state index in [1.807, 2.05) is 26.8 Å². The molecule has 84 valence electrons. The van der Waals surface area contributed by atoms with Crippen LogP contribution >= 0.6 is 0 Å². The van der Waals surface area contributed by atoms with E-state index < -0.39 is 0 Å². The van der Waals surface area contributed by atoms with Crippen molar-refractivity contribution in [3.63, 3.8) is 0 Å². The number of aryl methyl sites for hydroxylation is 1. The molecule has 0 aliphatic carbocycles. The molecule has 0 aliphatic heterocycles. The Labute approximate surface area is 93.4 Å². The van der Waals surface area contributed by atoms with E-state index in [2.05, 4.69) is 10.1 Å². The lowest BCUT2D eigenvalue weighted by Gasteiger charge is -2.10. The Bertz CT molecular complexity index is 553. The van der Waals surface area contributed by atoms with Crippen molar-refractivity contribution in [1.29, 1.82) is 0 Å². The van der Waals surface area contributed by atoms with Gasteiger partial charge in [-0.1, -0.05) is 0 Å². The molecular weight excluding hydrogens is 204 g/mol. The van der Waals surface area contributed by atoms with E-state index in [1.165, 1.54) is 4.68 Å². The summed E-state index contributed by atoms with van der Waals surface area (Å²) in [6.07, 6.45) is 5.05. The van der Waals surface area contributed by atoms with Gasteiger partial charge in [-0.2, -0.15) is 5.10 Å². The fourth-order valence-corrected chi connectivity index (χ4v) is 1.51. The minimum atomic E-state index is -0.124. The number of nitrogens with zero attached hydrogens (tertiary/aromatic N) is 4. The van der Waals surface area contributed by atoms with Gasteiger partial charge < -0.3 is 4.57 Å². The second-order valence-corrected chi connectivity index (χ2v) is 3.96. The van der Waals surface area contributed by atoms with Crippen LogP contribution in [0.5, 0.6) is 0 Å². The lowest BCUT2D eigenvalue weighted by molar-refractivity contribution is 0.567. The standard InChI is InChI=1S/C11H14N4O/c1-8(2)14-7-5-12-10(11(14)16)15-6-4-9(3)13-15/h4-8H,1-3H3. The molecule has 2 aromatic heterocycles. The largest absolute Gasteiger partial charge is 0.308 e. The zero-order valence-electron chi connectivity index (χ0n) is 9.58. The third-order valence-electron chi connectivity index (χ3n) is 2.35. The molecule has 0 N–H and O–H groups in total. The van der Waals surface area contributed by atoms with E-state index in [9.17, 15) is 4.79 Å². The van der Waals surface area contributed by atoms with Gasteiger partial charge in [-0.05, 0) is 26.8 Å². The Hall–Kier alpha value is -1.91. The Morgan fingerprint density at radius 3 is 2.62 bits per heavy atom. The quantitative estimate of drug-likeness (QED) is 0.763. The second kappa shape index (κ2) is 3.92. The number of rotatable bonds is 2. The third-order valence-corrected chi connectivity index (χ3v) is 2.35. The van der Waals surface area contributed by atoms with Gasteiger partial charge in [-0.15, -0.1) is 0 Å². The van der Waals surface area contributed by atoms with E-state index in [0.29, 0.717) is 5.82 Å². The highest BCUT2D eigenvalue weighted by molar-refractivity contribution is 5.18. The summed E-state index contributed by atoms with van der Waals surface area (Å²) >= 11 is 0. The Balaban J connectivity index is 2.59. The molecule has 0 fully saturated rings. The van der Waals surface area contributed by atoms with E-state index in [1.54, 1.807) is 23.2 Å². The fraction of sp³-hybridized carbons (Fsp3) is 0.364. The predicted molar refractivity (Wildman–Crippen MR) is 60.7 cm³/mol. The van der Waals surface area contributed by atoms with Gasteiger partial charge in [0.05, 0.1) is 5.69 Å². The predicted octanol–water partition coefficient (Wildman–Crippen LogP) is 1.32. The number of hydrogen-bond donors (Lipinski definition) is 0. The van der Waals surface area contributed by atoms with Gasteiger partial charge in [0.1, 0.15) is 0 Å². The molecule has 2 aromatic rings. The monoisotopic (exact) mass is 218 g/mol. The van der Waals surface area contributed by atoms with Crippen molar-refractivity contribution in [2.75, 3.05) is 0 Å². The van der Waals surface area contributed by atoms with Crippen LogP contribution in [0.15, 0.2) is 29.5 Å². The van der Waals surface area contributed by atoms with Gasteiger partial charge in [0.15, 0.2) is 0 Å². The van der Waals surface area contributed by atoms with Gasteiger partial charge in [-0.3, -0.25) is 4.79 Å². The Morgan fingerprint density at radius 1 is 1.31 bits per heavy atom. The van der Waals surface area contributed by atoms with Gasteiger partial charge in [-0.25, -0.2) is 9.67 Å². The molecule has 0 aromatic carbocycles. The van der Waals surface area contributed by atoms with Gasteiger partial charge in [0.2, 0.25) is 5.82 Å². The summed E-state index contributed by atoms with van der Waals surface area (Å²) < 4.78 is 3.15. The number of aromatic nitrogens is 4. The Kier molecular flexibility index (Phi) is 2.60. The molecule has 0 unspecified atom stereocenters. The lowest BCUT2D eigenvalue weighted by atomic mass is 10.4. The summed E-state index contributed by atoms with van der Waals surface area (Å²) in [7, 11) is 0. The molecule has 0 radical (unpaired) electrons. The van der Waals surface area contributed by atoms with Gasteiger partial charge >= 0.3 is 0 Å². The van der Waals surface area contributed by atoms with Crippen LogP contribution in [0.4, 0.5) is 0 Å². The topological polar surface area (TPSA) is 52.7 Å². The van der Waals surface area contributed by atoms with Crippen molar-refractivity contribution >= 4 is 0 Å². The molecule has 0 saturated heterocycles. The van der Waals surface area contributed by atoms with Crippen molar-refractivity contribution < 1.29 is 0 Å². The van der Waals surface area contributed by atoms with Crippen molar-refractivity contribution in [1.82, 2.24) is 19.3 Å². The average molecular weight is 218 g/mol. The molecular formula is C11H14N4O. The van der Waals surface area contributed by atoms with Gasteiger partial charge in [0.25, 0.3) is 5.56 Å². The summed E-state index contributed by atoms with van der Waals surface area (Å²) in [6.45, 7) is 5.79. The molecule has 0 saturated carbocycles. The molecule has 0 spiro atoms. The first kappa shape index (κ1) is 10.6. The van der Waals surface area contributed by atoms with Crippen LogP contribution in [-0.4, -0.2) is 19.3 Å². The molecule has 0 amide bonds. The highest BCUT2D eigenvalue weighted by atomic mass is 16.1. The second-order valence-electron chi connectivity index (χ2n) is 3.96. The molecule has 5 nitrogen and oxygen atoms in total. The third kappa shape index (κ3) is 1.76. The minimum absolute atomic E-state index is 0.117. The van der Waals surface area contributed by atoms with Crippen molar-refractivity contribution in [2.24, 2.45) is 0 Å². The summed E-state index contributed by atoms with van der Waals surface area (Å²) in [5.41, 5.74) is 0.738. The van der Waals surface area contributed by atoms with Crippen LogP contribution in [-0.2, 0) is 0 Å². The summed E-state index contributed by atoms with van der Waals surface area (Å²) in [5.74, 6) is 0.337. The van der Waals surface area contributed by atoms with Gasteiger partial charge in [0, 0.05) is 24.6 Å². The maximum Gasteiger partial charge on any atom is 0.295 e. The normalized spacial score (nSPS) is 11.0. The average Bonchev–Trinajstić information content (AvgIpc) is 2.64. The zero-order valence-corrected chi connectivity index (χ0v) is 9.58. The SMILES string of the molecule is Cc1ccn(-c2nccn(C(C)C)c2=O)n1. The fourth-order valence-electron chi connectivity index (χ4n) is 1.51. The molecule has 2 heterocycles.